The van der Waals surface area contributed by atoms with E-state index in [0.717, 1.165) is 5.69 Å². The van der Waals surface area contributed by atoms with Gasteiger partial charge in [-0.15, -0.1) is 5.10 Å². The molecule has 1 aromatic heterocycles. The van der Waals surface area contributed by atoms with Gasteiger partial charge in [-0.3, -0.25) is 0 Å². The normalized spacial score (nSPS) is 10.5. The molecule has 0 aliphatic heterocycles. The molecule has 6 heteroatoms. The zero-order valence-corrected chi connectivity index (χ0v) is 10.1. The number of benzene rings is 1. The van der Waals surface area contributed by atoms with Crippen LogP contribution in [0.15, 0.2) is 24.3 Å². The molecule has 0 unspecified atom stereocenters. The SMILES string of the molecule is Cn1nnc(CO)c1COc1ccccc1Cl. The maximum absolute atomic E-state index is 9.09. The first-order valence-electron chi connectivity index (χ1n) is 5.08. The maximum atomic E-state index is 9.09. The lowest BCUT2D eigenvalue weighted by Crippen LogP contribution is -2.05. The minimum Gasteiger partial charge on any atom is -0.486 e. The summed E-state index contributed by atoms with van der Waals surface area (Å²) in [6.07, 6.45) is 0. The molecule has 0 bridgehead atoms. The predicted octanol–water partition coefficient (Wildman–Crippen LogP) is 1.54. The molecular formula is C11H12ClN3O2. The Labute approximate surface area is 104 Å². The fourth-order valence-electron chi connectivity index (χ4n) is 1.43. The van der Waals surface area contributed by atoms with Crippen molar-refractivity contribution in [3.05, 3.63) is 40.7 Å². The summed E-state index contributed by atoms with van der Waals surface area (Å²) >= 11 is 5.97. The number of aryl methyl sites for hydroxylation is 1. The molecular weight excluding hydrogens is 242 g/mol. The van der Waals surface area contributed by atoms with Gasteiger partial charge in [-0.1, -0.05) is 28.9 Å². The minimum atomic E-state index is -0.158. The van der Waals surface area contributed by atoms with Crippen molar-refractivity contribution in [3.63, 3.8) is 0 Å². The number of aromatic nitrogens is 3. The van der Waals surface area contributed by atoms with E-state index in [-0.39, 0.29) is 13.2 Å². The Kier molecular flexibility index (Phi) is 3.61. The first-order valence-corrected chi connectivity index (χ1v) is 5.45. The topological polar surface area (TPSA) is 60.2 Å². The van der Waals surface area contributed by atoms with Gasteiger partial charge < -0.3 is 9.84 Å². The van der Waals surface area contributed by atoms with Crippen molar-refractivity contribution in [1.29, 1.82) is 0 Å². The summed E-state index contributed by atoms with van der Waals surface area (Å²) in [6, 6.07) is 7.21. The molecule has 5 nitrogen and oxygen atoms in total. The van der Waals surface area contributed by atoms with Crippen LogP contribution in [0.25, 0.3) is 0 Å². The number of nitrogens with zero attached hydrogens (tertiary/aromatic N) is 3. The summed E-state index contributed by atoms with van der Waals surface area (Å²) in [5, 5.41) is 17.3. The number of halogens is 1. The van der Waals surface area contributed by atoms with E-state index < -0.39 is 0 Å². The van der Waals surface area contributed by atoms with Crippen LogP contribution in [0.5, 0.6) is 5.75 Å². The summed E-state index contributed by atoms with van der Waals surface area (Å²) in [5.41, 5.74) is 1.24. The van der Waals surface area contributed by atoms with Crippen molar-refractivity contribution >= 4 is 11.6 Å². The van der Waals surface area contributed by atoms with Crippen LogP contribution in [0.2, 0.25) is 5.02 Å². The van der Waals surface area contributed by atoms with E-state index in [9.17, 15) is 0 Å². The number of ether oxygens (including phenoxy) is 1. The van der Waals surface area contributed by atoms with E-state index in [2.05, 4.69) is 10.3 Å². The van der Waals surface area contributed by atoms with Gasteiger partial charge in [-0.2, -0.15) is 0 Å². The van der Waals surface area contributed by atoms with Gasteiger partial charge in [-0.25, -0.2) is 4.68 Å². The third-order valence-corrected chi connectivity index (χ3v) is 2.69. The summed E-state index contributed by atoms with van der Waals surface area (Å²) in [6.45, 7) is 0.109. The van der Waals surface area contributed by atoms with Crippen LogP contribution >= 0.6 is 11.6 Å². The first kappa shape index (κ1) is 11.9. The summed E-state index contributed by atoms with van der Waals surface area (Å²) < 4.78 is 7.13. The molecule has 2 aromatic rings. The van der Waals surface area contributed by atoms with E-state index in [1.165, 1.54) is 0 Å². The molecule has 0 aliphatic carbocycles. The third kappa shape index (κ3) is 2.57. The van der Waals surface area contributed by atoms with Gasteiger partial charge in [-0.05, 0) is 12.1 Å². The van der Waals surface area contributed by atoms with E-state index >= 15 is 0 Å². The van der Waals surface area contributed by atoms with Crippen LogP contribution in [0.4, 0.5) is 0 Å². The molecule has 0 fully saturated rings. The Morgan fingerprint density at radius 2 is 2.18 bits per heavy atom. The molecule has 0 radical (unpaired) electrons. The maximum Gasteiger partial charge on any atom is 0.138 e. The molecule has 1 aromatic carbocycles. The van der Waals surface area contributed by atoms with E-state index in [1.807, 2.05) is 12.1 Å². The average molecular weight is 254 g/mol. The van der Waals surface area contributed by atoms with E-state index in [4.69, 9.17) is 21.4 Å². The largest absolute Gasteiger partial charge is 0.486 e. The van der Waals surface area contributed by atoms with E-state index in [1.54, 1.807) is 23.9 Å². The van der Waals surface area contributed by atoms with Crippen LogP contribution in [0, 0.1) is 0 Å². The highest BCUT2D eigenvalue weighted by Gasteiger charge is 2.10. The van der Waals surface area contributed by atoms with Crippen LogP contribution in [-0.2, 0) is 20.3 Å². The van der Waals surface area contributed by atoms with Crippen LogP contribution in [0.3, 0.4) is 0 Å². The molecule has 0 atom stereocenters. The van der Waals surface area contributed by atoms with Gasteiger partial charge in [0.05, 0.1) is 11.6 Å². The molecule has 2 rings (SSSR count). The minimum absolute atomic E-state index is 0.158. The monoisotopic (exact) mass is 253 g/mol. The van der Waals surface area contributed by atoms with E-state index in [0.29, 0.717) is 16.5 Å². The number of para-hydroxylation sites is 1. The van der Waals surface area contributed by atoms with Gasteiger partial charge in [0.2, 0.25) is 0 Å². The third-order valence-electron chi connectivity index (χ3n) is 2.37. The number of aliphatic hydroxyl groups is 1. The van der Waals surface area contributed by atoms with Crippen molar-refractivity contribution in [2.45, 2.75) is 13.2 Å². The molecule has 17 heavy (non-hydrogen) atoms. The average Bonchev–Trinajstić information content (AvgIpc) is 2.69. The fourth-order valence-corrected chi connectivity index (χ4v) is 1.62. The lowest BCUT2D eigenvalue weighted by Gasteiger charge is -2.08. The molecule has 0 spiro atoms. The highest BCUT2D eigenvalue weighted by Crippen LogP contribution is 2.24. The first-order chi connectivity index (χ1) is 8.22. The Morgan fingerprint density at radius 3 is 2.88 bits per heavy atom. The second kappa shape index (κ2) is 5.16. The van der Waals surface area contributed by atoms with Crippen molar-refractivity contribution in [3.8, 4) is 5.75 Å². The van der Waals surface area contributed by atoms with Crippen LogP contribution in [0.1, 0.15) is 11.4 Å². The predicted molar refractivity (Wildman–Crippen MR) is 62.7 cm³/mol. The Hall–Kier alpha value is -1.59. The summed E-state index contributed by atoms with van der Waals surface area (Å²) in [7, 11) is 1.75. The van der Waals surface area contributed by atoms with Crippen LogP contribution < -0.4 is 4.74 Å². The standard InChI is InChI=1S/C11H12ClN3O2/c1-15-10(9(6-16)13-14-15)7-17-11-5-3-2-4-8(11)12/h2-5,16H,6-7H2,1H3. The molecule has 90 valence electrons. The Morgan fingerprint density at radius 1 is 1.41 bits per heavy atom. The molecule has 1 heterocycles. The second-order valence-electron chi connectivity index (χ2n) is 3.48. The van der Waals surface area contributed by atoms with Crippen molar-refractivity contribution in [2.75, 3.05) is 0 Å². The lowest BCUT2D eigenvalue weighted by atomic mass is 10.3. The van der Waals surface area contributed by atoms with Gasteiger partial charge in [0.15, 0.2) is 0 Å². The summed E-state index contributed by atoms with van der Waals surface area (Å²) in [4.78, 5) is 0. The van der Waals surface area contributed by atoms with Gasteiger partial charge in [0.25, 0.3) is 0 Å². The number of aliphatic hydroxyl groups excluding tert-OH is 1. The highest BCUT2D eigenvalue weighted by atomic mass is 35.5. The van der Waals surface area contributed by atoms with Crippen molar-refractivity contribution in [1.82, 2.24) is 15.0 Å². The highest BCUT2D eigenvalue weighted by molar-refractivity contribution is 6.32. The molecule has 0 saturated carbocycles. The van der Waals surface area contributed by atoms with Gasteiger partial charge >= 0.3 is 0 Å². The number of hydrogen-bond acceptors (Lipinski definition) is 4. The Bertz CT molecular complexity index is 513. The molecule has 0 amide bonds. The van der Waals surface area contributed by atoms with Gasteiger partial charge in [0.1, 0.15) is 23.7 Å². The van der Waals surface area contributed by atoms with Crippen molar-refractivity contribution < 1.29 is 9.84 Å². The Balaban J connectivity index is 2.12. The zero-order chi connectivity index (χ0) is 12.3. The lowest BCUT2D eigenvalue weighted by molar-refractivity contribution is 0.262. The fraction of sp³-hybridized carbons (Fsp3) is 0.273. The van der Waals surface area contributed by atoms with Crippen molar-refractivity contribution in [2.24, 2.45) is 7.05 Å². The second-order valence-corrected chi connectivity index (χ2v) is 3.89. The molecule has 1 N–H and O–H groups in total. The number of rotatable bonds is 4. The number of hydrogen-bond donors (Lipinski definition) is 1. The molecule has 0 saturated heterocycles. The van der Waals surface area contributed by atoms with Gasteiger partial charge in [0, 0.05) is 7.05 Å². The smallest absolute Gasteiger partial charge is 0.138 e. The molecule has 0 aliphatic rings. The zero-order valence-electron chi connectivity index (χ0n) is 9.30. The van der Waals surface area contributed by atoms with Crippen LogP contribution in [-0.4, -0.2) is 20.1 Å². The quantitative estimate of drug-likeness (QED) is 0.898. The summed E-state index contributed by atoms with van der Waals surface area (Å²) in [5.74, 6) is 0.597.